The number of para-hydroxylation sites is 2. The molecule has 2 rings (SSSR count). The van der Waals surface area contributed by atoms with Crippen molar-refractivity contribution in [3.05, 3.63) is 30.2 Å². The van der Waals surface area contributed by atoms with E-state index in [1.807, 2.05) is 38.1 Å². The van der Waals surface area contributed by atoms with Crippen LogP contribution in [-0.4, -0.2) is 10.8 Å². The summed E-state index contributed by atoms with van der Waals surface area (Å²) in [5.74, 6) is 0.788. The fourth-order valence-electron chi connectivity index (χ4n) is 1.55. The molecule has 3 heteroatoms. The van der Waals surface area contributed by atoms with Crippen molar-refractivity contribution in [1.29, 1.82) is 0 Å². The third-order valence-electron chi connectivity index (χ3n) is 2.83. The Morgan fingerprint density at radius 3 is 2.88 bits per heavy atom. The van der Waals surface area contributed by atoms with Crippen molar-refractivity contribution in [1.82, 2.24) is 4.98 Å². The first kappa shape index (κ1) is 10.9. The molecule has 0 aliphatic rings. The largest absolute Gasteiger partial charge is 0.440 e. The number of ketones is 1. The van der Waals surface area contributed by atoms with E-state index in [1.165, 1.54) is 0 Å². The lowest BCUT2D eigenvalue weighted by Gasteiger charge is -2.03. The van der Waals surface area contributed by atoms with Gasteiger partial charge in [0, 0.05) is 5.92 Å². The number of aromatic nitrogens is 1. The van der Waals surface area contributed by atoms with Crippen LogP contribution in [0.15, 0.2) is 28.7 Å². The maximum Gasteiger partial charge on any atom is 0.202 e. The molecule has 0 bridgehead atoms. The number of nitrogens with zero attached hydrogens (tertiary/aromatic N) is 1. The summed E-state index contributed by atoms with van der Waals surface area (Å²) in [4.78, 5) is 16.0. The average Bonchev–Trinajstić information content (AvgIpc) is 2.69. The summed E-state index contributed by atoms with van der Waals surface area (Å²) < 4.78 is 5.50. The lowest BCUT2D eigenvalue weighted by atomic mass is 10.0. The molecule has 84 valence electrons. The van der Waals surface area contributed by atoms with Crippen molar-refractivity contribution in [2.75, 3.05) is 0 Å². The van der Waals surface area contributed by atoms with Crippen LogP contribution >= 0.6 is 0 Å². The molecule has 0 spiro atoms. The third kappa shape index (κ3) is 2.13. The highest BCUT2D eigenvalue weighted by atomic mass is 16.3. The van der Waals surface area contributed by atoms with Gasteiger partial charge in [-0.15, -0.1) is 0 Å². The van der Waals surface area contributed by atoms with Crippen molar-refractivity contribution in [3.63, 3.8) is 0 Å². The number of carbonyl (C=O) groups excluding carboxylic acids is 1. The SMILES string of the molecule is CCC(C)C(=O)Cc1nc2ccccc2o1. The number of benzene rings is 1. The molecule has 1 aromatic heterocycles. The molecule has 0 amide bonds. The first-order chi connectivity index (χ1) is 7.70. The Kier molecular flexibility index (Phi) is 3.04. The fraction of sp³-hybridized carbons (Fsp3) is 0.385. The smallest absolute Gasteiger partial charge is 0.202 e. The molecule has 0 N–H and O–H groups in total. The van der Waals surface area contributed by atoms with Gasteiger partial charge >= 0.3 is 0 Å². The number of hydrogen-bond donors (Lipinski definition) is 0. The highest BCUT2D eigenvalue weighted by molar-refractivity contribution is 5.83. The van der Waals surface area contributed by atoms with Crippen molar-refractivity contribution in [2.24, 2.45) is 5.92 Å². The molecular formula is C13H15NO2. The molecule has 1 aromatic carbocycles. The molecule has 0 aliphatic heterocycles. The van der Waals surface area contributed by atoms with Gasteiger partial charge in [-0.25, -0.2) is 4.98 Å². The minimum atomic E-state index is 0.0787. The van der Waals surface area contributed by atoms with Crippen molar-refractivity contribution in [3.8, 4) is 0 Å². The van der Waals surface area contributed by atoms with Gasteiger partial charge in [-0.2, -0.15) is 0 Å². The highest BCUT2D eigenvalue weighted by Gasteiger charge is 2.15. The van der Waals surface area contributed by atoms with Gasteiger partial charge in [0.15, 0.2) is 5.58 Å². The van der Waals surface area contributed by atoms with Gasteiger partial charge in [0.25, 0.3) is 0 Å². The van der Waals surface area contributed by atoms with E-state index in [4.69, 9.17) is 4.42 Å². The molecule has 0 fully saturated rings. The average molecular weight is 217 g/mol. The summed E-state index contributed by atoms with van der Waals surface area (Å²) in [5, 5.41) is 0. The monoisotopic (exact) mass is 217 g/mol. The molecule has 1 heterocycles. The van der Waals surface area contributed by atoms with Crippen molar-refractivity contribution in [2.45, 2.75) is 26.7 Å². The van der Waals surface area contributed by atoms with Gasteiger partial charge in [-0.1, -0.05) is 26.0 Å². The number of fused-ring (bicyclic) bond motifs is 1. The van der Waals surface area contributed by atoms with Crippen LogP contribution in [0.5, 0.6) is 0 Å². The highest BCUT2D eigenvalue weighted by Crippen LogP contribution is 2.16. The number of carbonyl (C=O) groups is 1. The zero-order chi connectivity index (χ0) is 11.5. The zero-order valence-electron chi connectivity index (χ0n) is 9.56. The minimum absolute atomic E-state index is 0.0787. The maximum absolute atomic E-state index is 11.7. The van der Waals surface area contributed by atoms with Crippen LogP contribution in [0, 0.1) is 5.92 Å². The Labute approximate surface area is 94.5 Å². The van der Waals surface area contributed by atoms with Gasteiger partial charge in [0.1, 0.15) is 11.3 Å². The van der Waals surface area contributed by atoms with Gasteiger partial charge in [-0.3, -0.25) is 4.79 Å². The first-order valence-electron chi connectivity index (χ1n) is 5.58. The second-order valence-corrected chi connectivity index (χ2v) is 4.03. The van der Waals surface area contributed by atoms with Crippen LogP contribution in [0.25, 0.3) is 11.1 Å². The van der Waals surface area contributed by atoms with Crippen LogP contribution in [0.4, 0.5) is 0 Å². The van der Waals surface area contributed by atoms with E-state index >= 15 is 0 Å². The summed E-state index contributed by atoms with van der Waals surface area (Å²) in [6, 6.07) is 7.55. The molecule has 0 saturated heterocycles. The molecule has 0 saturated carbocycles. The molecule has 0 aliphatic carbocycles. The van der Waals surface area contributed by atoms with E-state index in [1.54, 1.807) is 0 Å². The second kappa shape index (κ2) is 4.47. The standard InChI is InChI=1S/C13H15NO2/c1-3-9(2)11(15)8-13-14-10-6-4-5-7-12(10)16-13/h4-7,9H,3,8H2,1-2H3. The lowest BCUT2D eigenvalue weighted by molar-refractivity contribution is -0.122. The van der Waals surface area contributed by atoms with Crippen molar-refractivity contribution < 1.29 is 9.21 Å². The number of Topliss-reactive ketones (excluding diaryl/α,β-unsaturated/α-hetero) is 1. The van der Waals surface area contributed by atoms with Crippen LogP contribution in [0.2, 0.25) is 0 Å². The Morgan fingerprint density at radius 2 is 2.19 bits per heavy atom. The van der Waals surface area contributed by atoms with Crippen LogP contribution < -0.4 is 0 Å². The summed E-state index contributed by atoms with van der Waals surface area (Å²) in [6.07, 6.45) is 1.16. The normalized spacial score (nSPS) is 12.9. The predicted molar refractivity (Wildman–Crippen MR) is 62.2 cm³/mol. The molecule has 2 aromatic rings. The summed E-state index contributed by atoms with van der Waals surface area (Å²) >= 11 is 0. The molecule has 16 heavy (non-hydrogen) atoms. The Morgan fingerprint density at radius 1 is 1.44 bits per heavy atom. The number of rotatable bonds is 4. The molecule has 1 atom stereocenters. The van der Waals surface area contributed by atoms with Crippen molar-refractivity contribution >= 4 is 16.9 Å². The Bertz CT molecular complexity index is 468. The third-order valence-corrected chi connectivity index (χ3v) is 2.83. The van der Waals surface area contributed by atoms with Gasteiger partial charge in [0.05, 0.1) is 6.42 Å². The first-order valence-corrected chi connectivity index (χ1v) is 5.58. The molecular weight excluding hydrogens is 202 g/mol. The quantitative estimate of drug-likeness (QED) is 0.790. The van der Waals surface area contributed by atoms with Gasteiger partial charge in [0.2, 0.25) is 5.89 Å². The summed E-state index contributed by atoms with van der Waals surface area (Å²) in [6.45, 7) is 3.94. The second-order valence-electron chi connectivity index (χ2n) is 4.03. The number of oxazole rings is 1. The minimum Gasteiger partial charge on any atom is -0.440 e. The van der Waals surface area contributed by atoms with E-state index < -0.39 is 0 Å². The molecule has 0 radical (unpaired) electrons. The molecule has 1 unspecified atom stereocenters. The predicted octanol–water partition coefficient (Wildman–Crippen LogP) is 2.99. The van der Waals surface area contributed by atoms with E-state index in [0.29, 0.717) is 12.3 Å². The van der Waals surface area contributed by atoms with E-state index in [9.17, 15) is 4.79 Å². The molecule has 3 nitrogen and oxygen atoms in total. The van der Waals surface area contributed by atoms with E-state index in [0.717, 1.165) is 17.5 Å². The Balaban J connectivity index is 2.18. The van der Waals surface area contributed by atoms with Crippen LogP contribution in [-0.2, 0) is 11.2 Å². The summed E-state index contributed by atoms with van der Waals surface area (Å²) in [7, 11) is 0. The zero-order valence-corrected chi connectivity index (χ0v) is 9.56. The van der Waals surface area contributed by atoms with Gasteiger partial charge < -0.3 is 4.42 Å². The maximum atomic E-state index is 11.7. The van der Waals surface area contributed by atoms with Crippen LogP contribution in [0.3, 0.4) is 0 Å². The summed E-state index contributed by atoms with van der Waals surface area (Å²) in [5.41, 5.74) is 1.56. The number of hydrogen-bond acceptors (Lipinski definition) is 3. The van der Waals surface area contributed by atoms with E-state index in [-0.39, 0.29) is 11.7 Å². The van der Waals surface area contributed by atoms with E-state index in [2.05, 4.69) is 4.98 Å². The van der Waals surface area contributed by atoms with Gasteiger partial charge in [-0.05, 0) is 18.6 Å². The Hall–Kier alpha value is -1.64. The fourth-order valence-corrected chi connectivity index (χ4v) is 1.55. The topological polar surface area (TPSA) is 43.1 Å². The van der Waals surface area contributed by atoms with Crippen LogP contribution in [0.1, 0.15) is 26.2 Å². The lowest BCUT2D eigenvalue weighted by Crippen LogP contribution is -2.12.